The van der Waals surface area contributed by atoms with E-state index in [1.165, 1.54) is 36.1 Å². The third-order valence-electron chi connectivity index (χ3n) is 4.65. The van der Waals surface area contributed by atoms with Gasteiger partial charge in [-0.15, -0.1) is 11.3 Å². The van der Waals surface area contributed by atoms with Gasteiger partial charge < -0.3 is 9.32 Å². The Hall–Kier alpha value is -2.62. The lowest BCUT2D eigenvalue weighted by Gasteiger charge is -2.23. The summed E-state index contributed by atoms with van der Waals surface area (Å²) < 4.78 is 44.9. The molecule has 0 N–H and O–H groups in total. The Morgan fingerprint density at radius 2 is 2.18 bits per heavy atom. The number of rotatable bonds is 5. The number of amides is 1. The SMILES string of the molecule is O=C(Cn1cnc2sc3c(c2c1=O)CCC3)N(Cc1ccco1)CC(F)(F)F. The van der Waals surface area contributed by atoms with Crippen LogP contribution in [0.25, 0.3) is 10.2 Å². The van der Waals surface area contributed by atoms with Gasteiger partial charge in [-0.3, -0.25) is 14.2 Å². The fourth-order valence-electron chi connectivity index (χ4n) is 3.42. The number of alkyl halides is 3. The third-order valence-corrected chi connectivity index (χ3v) is 5.85. The number of carbonyl (C=O) groups excluding carboxylic acids is 1. The second kappa shape index (κ2) is 7.08. The molecule has 0 fully saturated rings. The summed E-state index contributed by atoms with van der Waals surface area (Å²) in [6.45, 7) is -2.27. The molecule has 1 aliphatic carbocycles. The smallest absolute Gasteiger partial charge is 0.406 e. The van der Waals surface area contributed by atoms with Gasteiger partial charge in [-0.2, -0.15) is 13.2 Å². The predicted octanol–water partition coefficient (Wildman–Crippen LogP) is 3.13. The van der Waals surface area contributed by atoms with Gasteiger partial charge in [-0.1, -0.05) is 0 Å². The maximum absolute atomic E-state index is 12.9. The molecule has 1 amide bonds. The highest BCUT2D eigenvalue weighted by atomic mass is 32.1. The van der Waals surface area contributed by atoms with Crippen LogP contribution in [-0.2, 0) is 30.7 Å². The number of hydrogen-bond acceptors (Lipinski definition) is 5. The summed E-state index contributed by atoms with van der Waals surface area (Å²) in [7, 11) is 0. The van der Waals surface area contributed by atoms with Crippen LogP contribution in [0.4, 0.5) is 13.2 Å². The van der Waals surface area contributed by atoms with Crippen molar-refractivity contribution < 1.29 is 22.4 Å². The van der Waals surface area contributed by atoms with Gasteiger partial charge in [-0.05, 0) is 37.0 Å². The molecule has 28 heavy (non-hydrogen) atoms. The largest absolute Gasteiger partial charge is 0.467 e. The molecule has 0 spiro atoms. The first-order valence-corrected chi connectivity index (χ1v) is 9.50. The molecule has 0 radical (unpaired) electrons. The van der Waals surface area contributed by atoms with Crippen molar-refractivity contribution in [2.75, 3.05) is 6.54 Å². The Balaban J connectivity index is 1.61. The molecule has 0 saturated carbocycles. The monoisotopic (exact) mass is 411 g/mol. The van der Waals surface area contributed by atoms with E-state index in [0.29, 0.717) is 15.1 Å². The molecule has 3 heterocycles. The van der Waals surface area contributed by atoms with Crippen LogP contribution in [0.1, 0.15) is 22.6 Å². The molecule has 3 aromatic rings. The number of nitrogens with zero attached hydrogens (tertiary/aromatic N) is 3. The summed E-state index contributed by atoms with van der Waals surface area (Å²) >= 11 is 1.46. The summed E-state index contributed by atoms with van der Waals surface area (Å²) in [6, 6.07) is 3.02. The van der Waals surface area contributed by atoms with Gasteiger partial charge >= 0.3 is 6.18 Å². The zero-order chi connectivity index (χ0) is 19.9. The van der Waals surface area contributed by atoms with Gasteiger partial charge in [0.25, 0.3) is 5.56 Å². The van der Waals surface area contributed by atoms with E-state index in [1.807, 2.05) is 0 Å². The number of hydrogen-bond donors (Lipinski definition) is 0. The number of fused-ring (bicyclic) bond motifs is 3. The van der Waals surface area contributed by atoms with Gasteiger partial charge in [-0.25, -0.2) is 4.98 Å². The number of thiophene rings is 1. The van der Waals surface area contributed by atoms with Crippen molar-refractivity contribution in [2.24, 2.45) is 0 Å². The summed E-state index contributed by atoms with van der Waals surface area (Å²) in [5, 5.41) is 0.487. The molecule has 0 saturated heterocycles. The number of aromatic nitrogens is 2. The van der Waals surface area contributed by atoms with E-state index in [-0.39, 0.29) is 17.9 Å². The lowest BCUT2D eigenvalue weighted by Crippen LogP contribution is -2.41. The van der Waals surface area contributed by atoms with Crippen LogP contribution in [0.3, 0.4) is 0 Å². The van der Waals surface area contributed by atoms with Crippen molar-refractivity contribution in [3.63, 3.8) is 0 Å². The lowest BCUT2D eigenvalue weighted by atomic mass is 10.2. The molecule has 0 aliphatic heterocycles. The standard InChI is InChI=1S/C18H16F3N3O3S/c19-18(20,21)9-23(7-11-3-2-6-27-11)14(25)8-24-10-22-16-15(17(24)26)12-4-1-5-13(12)28-16/h2-3,6,10H,1,4-5,7-9H2. The summed E-state index contributed by atoms with van der Waals surface area (Å²) in [5.74, 6) is -0.599. The molecule has 6 nitrogen and oxygen atoms in total. The van der Waals surface area contributed by atoms with Gasteiger partial charge in [0, 0.05) is 4.88 Å². The van der Waals surface area contributed by atoms with E-state index in [9.17, 15) is 22.8 Å². The molecule has 4 rings (SSSR count). The maximum Gasteiger partial charge on any atom is 0.406 e. The van der Waals surface area contributed by atoms with Crippen LogP contribution in [0.2, 0.25) is 0 Å². The van der Waals surface area contributed by atoms with Crippen LogP contribution in [-0.4, -0.2) is 33.1 Å². The van der Waals surface area contributed by atoms with Crippen molar-refractivity contribution in [3.8, 4) is 0 Å². The Labute approximate surface area is 161 Å². The van der Waals surface area contributed by atoms with Crippen molar-refractivity contribution in [3.05, 3.63) is 51.3 Å². The Kier molecular flexibility index (Phi) is 4.74. The molecule has 148 valence electrons. The van der Waals surface area contributed by atoms with Crippen LogP contribution in [0.5, 0.6) is 0 Å². The third kappa shape index (κ3) is 3.68. The highest BCUT2D eigenvalue weighted by Crippen LogP contribution is 2.34. The van der Waals surface area contributed by atoms with E-state index < -0.39 is 25.2 Å². The molecule has 1 aliphatic rings. The van der Waals surface area contributed by atoms with Crippen molar-refractivity contribution in [1.82, 2.24) is 14.5 Å². The first-order valence-electron chi connectivity index (χ1n) is 8.68. The minimum atomic E-state index is -4.57. The lowest BCUT2D eigenvalue weighted by molar-refractivity contribution is -0.163. The molecule has 3 aromatic heterocycles. The van der Waals surface area contributed by atoms with Crippen molar-refractivity contribution >= 4 is 27.5 Å². The molecule has 0 bridgehead atoms. The second-order valence-corrected chi connectivity index (χ2v) is 7.74. The molecule has 0 unspecified atom stereocenters. The van der Waals surface area contributed by atoms with Gasteiger partial charge in [0.05, 0.1) is 24.5 Å². The molecule has 0 atom stereocenters. The minimum Gasteiger partial charge on any atom is -0.467 e. The van der Waals surface area contributed by atoms with E-state index in [2.05, 4.69) is 4.98 Å². The highest BCUT2D eigenvalue weighted by Gasteiger charge is 2.33. The van der Waals surface area contributed by atoms with Crippen LogP contribution >= 0.6 is 11.3 Å². The quantitative estimate of drug-likeness (QED) is 0.647. The molecular weight excluding hydrogens is 395 g/mol. The average molecular weight is 411 g/mol. The van der Waals surface area contributed by atoms with Gasteiger partial charge in [0.15, 0.2) is 0 Å². The first kappa shape index (κ1) is 18.7. The summed E-state index contributed by atoms with van der Waals surface area (Å²) in [5.41, 5.74) is 0.574. The first-order chi connectivity index (χ1) is 13.3. The zero-order valence-corrected chi connectivity index (χ0v) is 15.5. The van der Waals surface area contributed by atoms with E-state index in [1.54, 1.807) is 0 Å². The fraction of sp³-hybridized carbons (Fsp3) is 0.389. The van der Waals surface area contributed by atoms with Crippen molar-refractivity contribution in [2.45, 2.75) is 38.5 Å². The topological polar surface area (TPSA) is 68.3 Å². The fourth-order valence-corrected chi connectivity index (χ4v) is 4.64. The van der Waals surface area contributed by atoms with Crippen LogP contribution < -0.4 is 5.56 Å². The van der Waals surface area contributed by atoms with Crippen LogP contribution in [0.15, 0.2) is 33.9 Å². The second-order valence-electron chi connectivity index (χ2n) is 6.66. The highest BCUT2D eigenvalue weighted by molar-refractivity contribution is 7.18. The molecule has 10 heteroatoms. The predicted molar refractivity (Wildman–Crippen MR) is 96.1 cm³/mol. The molecule has 0 aromatic carbocycles. The number of halogens is 3. The molecular formula is C18H16F3N3O3S. The number of aryl methyl sites for hydroxylation is 2. The van der Waals surface area contributed by atoms with Gasteiger partial charge in [0.1, 0.15) is 23.7 Å². The van der Waals surface area contributed by atoms with E-state index in [0.717, 1.165) is 34.3 Å². The minimum absolute atomic E-state index is 0.231. The Morgan fingerprint density at radius 3 is 2.89 bits per heavy atom. The number of furan rings is 1. The van der Waals surface area contributed by atoms with E-state index >= 15 is 0 Å². The summed E-state index contributed by atoms with van der Waals surface area (Å²) in [6.07, 6.45) is 0.634. The average Bonchev–Trinajstić information content (AvgIpc) is 3.32. The van der Waals surface area contributed by atoms with E-state index in [4.69, 9.17) is 4.42 Å². The normalized spacial score (nSPS) is 13.8. The Morgan fingerprint density at radius 1 is 1.36 bits per heavy atom. The number of carbonyl (C=O) groups is 1. The van der Waals surface area contributed by atoms with Crippen LogP contribution in [0, 0.1) is 0 Å². The van der Waals surface area contributed by atoms with Crippen molar-refractivity contribution in [1.29, 1.82) is 0 Å². The zero-order valence-electron chi connectivity index (χ0n) is 14.7. The van der Waals surface area contributed by atoms with Gasteiger partial charge in [0.2, 0.25) is 5.91 Å². The maximum atomic E-state index is 12.9. The Bertz CT molecular complexity index is 1070. The summed E-state index contributed by atoms with van der Waals surface area (Å²) in [4.78, 5) is 32.0.